The molecule has 1 saturated heterocycles. The molecule has 1 aliphatic heterocycles. The van der Waals surface area contributed by atoms with E-state index in [9.17, 15) is 0 Å². The Morgan fingerprint density at radius 3 is 1.71 bits per heavy atom. The summed E-state index contributed by atoms with van der Waals surface area (Å²) in [6.07, 6.45) is 2.82. The van der Waals surface area contributed by atoms with Crippen LogP contribution in [0.4, 0.5) is 0 Å². The maximum Gasteiger partial charge on any atom is 0.0498 e. The molecule has 0 aromatic rings. The summed E-state index contributed by atoms with van der Waals surface area (Å²) in [7, 11) is 0. The molecule has 14 heavy (non-hydrogen) atoms. The van der Waals surface area contributed by atoms with Crippen LogP contribution in [-0.4, -0.2) is 13.2 Å². The van der Waals surface area contributed by atoms with Crippen molar-refractivity contribution in [1.29, 1.82) is 0 Å². The normalized spacial score (nSPS) is 35.6. The zero-order valence-electron chi connectivity index (χ0n) is 10.0. The smallest absolute Gasteiger partial charge is 0.0498 e. The van der Waals surface area contributed by atoms with E-state index in [1.807, 2.05) is 0 Å². The topological polar surface area (TPSA) is 9.23 Å². The quantitative estimate of drug-likeness (QED) is 0.658. The Morgan fingerprint density at radius 2 is 1.36 bits per heavy atom. The van der Waals surface area contributed by atoms with Gasteiger partial charge in [-0.1, -0.05) is 27.7 Å². The van der Waals surface area contributed by atoms with Crippen molar-refractivity contribution in [3.05, 3.63) is 0 Å². The van der Waals surface area contributed by atoms with Gasteiger partial charge in [0.2, 0.25) is 0 Å². The largest absolute Gasteiger partial charge is 0.381 e. The highest BCUT2D eigenvalue weighted by molar-refractivity contribution is 4.99. The number of hydrogen-bond donors (Lipinski definition) is 0. The van der Waals surface area contributed by atoms with Crippen LogP contribution in [0.1, 0.15) is 40.5 Å². The van der Waals surface area contributed by atoms with Crippen LogP contribution in [0.3, 0.4) is 0 Å². The van der Waals surface area contributed by atoms with Gasteiger partial charge in [0.15, 0.2) is 0 Å². The molecule has 2 atom stereocenters. The molecule has 0 aromatic heterocycles. The molecule has 0 radical (unpaired) electrons. The second kappa shape index (κ2) is 3.52. The van der Waals surface area contributed by atoms with Crippen LogP contribution >= 0.6 is 0 Å². The zero-order chi connectivity index (χ0) is 10.3. The van der Waals surface area contributed by atoms with E-state index in [0.29, 0.717) is 5.41 Å². The first-order valence-corrected chi connectivity index (χ1v) is 6.14. The maximum absolute atomic E-state index is 5.56. The van der Waals surface area contributed by atoms with Crippen molar-refractivity contribution < 1.29 is 4.74 Å². The molecule has 0 amide bonds. The van der Waals surface area contributed by atoms with Crippen molar-refractivity contribution in [2.75, 3.05) is 13.2 Å². The fourth-order valence-corrected chi connectivity index (χ4v) is 3.76. The third-order valence-electron chi connectivity index (χ3n) is 4.91. The average molecular weight is 196 g/mol. The lowest BCUT2D eigenvalue weighted by atomic mass is 9.67. The van der Waals surface area contributed by atoms with Crippen LogP contribution < -0.4 is 0 Å². The van der Waals surface area contributed by atoms with Gasteiger partial charge in [-0.25, -0.2) is 0 Å². The third-order valence-corrected chi connectivity index (χ3v) is 4.91. The summed E-state index contributed by atoms with van der Waals surface area (Å²) < 4.78 is 5.56. The SMILES string of the molecule is CC(C)C1(C(C)C)C[C@H]2COC[C@H]2C1. The maximum atomic E-state index is 5.56. The van der Waals surface area contributed by atoms with Crippen molar-refractivity contribution in [3.63, 3.8) is 0 Å². The van der Waals surface area contributed by atoms with Gasteiger partial charge in [0.1, 0.15) is 0 Å². The molecule has 2 rings (SSSR count). The van der Waals surface area contributed by atoms with Crippen LogP contribution in [0.25, 0.3) is 0 Å². The highest BCUT2D eigenvalue weighted by Gasteiger charge is 2.50. The molecule has 1 nitrogen and oxygen atoms in total. The second-order valence-corrected chi connectivity index (χ2v) is 6.01. The molecule has 1 saturated carbocycles. The molecule has 1 heteroatoms. The molecule has 2 aliphatic rings. The summed E-state index contributed by atoms with van der Waals surface area (Å²) in [5.74, 6) is 3.40. The first kappa shape index (κ1) is 10.5. The predicted octanol–water partition coefficient (Wildman–Crippen LogP) is 3.34. The number of rotatable bonds is 2. The van der Waals surface area contributed by atoms with E-state index in [4.69, 9.17) is 4.74 Å². The summed E-state index contributed by atoms with van der Waals surface area (Å²) >= 11 is 0. The van der Waals surface area contributed by atoms with Gasteiger partial charge < -0.3 is 4.74 Å². The second-order valence-electron chi connectivity index (χ2n) is 6.01. The van der Waals surface area contributed by atoms with E-state index in [2.05, 4.69) is 27.7 Å². The monoisotopic (exact) mass is 196 g/mol. The van der Waals surface area contributed by atoms with Gasteiger partial charge in [-0.05, 0) is 41.9 Å². The molecule has 1 aliphatic carbocycles. The van der Waals surface area contributed by atoms with Crippen LogP contribution in [0.15, 0.2) is 0 Å². The van der Waals surface area contributed by atoms with E-state index in [0.717, 1.165) is 36.9 Å². The highest BCUT2D eigenvalue weighted by atomic mass is 16.5. The third kappa shape index (κ3) is 1.41. The Kier molecular flexibility index (Phi) is 2.63. The van der Waals surface area contributed by atoms with Crippen molar-refractivity contribution >= 4 is 0 Å². The first-order valence-electron chi connectivity index (χ1n) is 6.14. The van der Waals surface area contributed by atoms with Gasteiger partial charge in [0.25, 0.3) is 0 Å². The van der Waals surface area contributed by atoms with Gasteiger partial charge in [0, 0.05) is 13.2 Å². The lowest BCUT2D eigenvalue weighted by molar-refractivity contribution is 0.0779. The first-order chi connectivity index (χ1) is 6.56. The molecular weight excluding hydrogens is 172 g/mol. The lowest BCUT2D eigenvalue weighted by Gasteiger charge is -2.38. The molecular formula is C13H24O. The molecule has 2 fully saturated rings. The van der Waals surface area contributed by atoms with Crippen molar-refractivity contribution in [3.8, 4) is 0 Å². The van der Waals surface area contributed by atoms with E-state index in [1.54, 1.807) is 0 Å². The number of fused-ring (bicyclic) bond motifs is 1. The van der Waals surface area contributed by atoms with E-state index in [1.165, 1.54) is 12.8 Å². The number of hydrogen-bond acceptors (Lipinski definition) is 1. The molecule has 0 unspecified atom stereocenters. The van der Waals surface area contributed by atoms with Crippen LogP contribution in [0.2, 0.25) is 0 Å². The molecule has 0 N–H and O–H groups in total. The predicted molar refractivity (Wildman–Crippen MR) is 59.1 cm³/mol. The summed E-state index contributed by atoms with van der Waals surface area (Å²) in [6, 6.07) is 0. The minimum atomic E-state index is 0.610. The van der Waals surface area contributed by atoms with Gasteiger partial charge >= 0.3 is 0 Å². The summed E-state index contributed by atoms with van der Waals surface area (Å²) in [5.41, 5.74) is 0.610. The molecule has 82 valence electrons. The highest BCUT2D eigenvalue weighted by Crippen LogP contribution is 2.56. The molecule has 0 bridgehead atoms. The lowest BCUT2D eigenvalue weighted by Crippen LogP contribution is -2.31. The van der Waals surface area contributed by atoms with Crippen LogP contribution in [0, 0.1) is 29.1 Å². The molecule has 0 spiro atoms. The zero-order valence-corrected chi connectivity index (χ0v) is 10.0. The standard InChI is InChI=1S/C13H24O/c1-9(2)13(10(3)4)5-11-7-14-8-12(11)6-13/h9-12H,5-8H2,1-4H3/t11-,12+. The number of ether oxygens (including phenoxy) is 1. The van der Waals surface area contributed by atoms with Crippen molar-refractivity contribution in [2.24, 2.45) is 29.1 Å². The van der Waals surface area contributed by atoms with Gasteiger partial charge in [-0.3, -0.25) is 0 Å². The van der Waals surface area contributed by atoms with Gasteiger partial charge in [-0.2, -0.15) is 0 Å². The van der Waals surface area contributed by atoms with Crippen LogP contribution in [-0.2, 0) is 4.74 Å². The van der Waals surface area contributed by atoms with E-state index < -0.39 is 0 Å². The fraction of sp³-hybridized carbons (Fsp3) is 1.00. The van der Waals surface area contributed by atoms with Crippen molar-refractivity contribution in [2.45, 2.75) is 40.5 Å². The Bertz CT molecular complexity index is 185. The van der Waals surface area contributed by atoms with Crippen LogP contribution in [0.5, 0.6) is 0 Å². The summed E-state index contributed by atoms with van der Waals surface area (Å²) in [6.45, 7) is 11.7. The van der Waals surface area contributed by atoms with E-state index in [-0.39, 0.29) is 0 Å². The average Bonchev–Trinajstić information content (AvgIpc) is 2.58. The molecule has 0 aromatic carbocycles. The minimum Gasteiger partial charge on any atom is -0.381 e. The Hall–Kier alpha value is -0.0400. The fourth-order valence-electron chi connectivity index (χ4n) is 3.76. The Labute approximate surface area is 88.2 Å². The Balaban J connectivity index is 2.16. The van der Waals surface area contributed by atoms with Gasteiger partial charge in [-0.15, -0.1) is 0 Å². The minimum absolute atomic E-state index is 0.610. The van der Waals surface area contributed by atoms with Gasteiger partial charge in [0.05, 0.1) is 0 Å². The Morgan fingerprint density at radius 1 is 0.929 bits per heavy atom. The van der Waals surface area contributed by atoms with Crippen molar-refractivity contribution in [1.82, 2.24) is 0 Å². The molecule has 1 heterocycles. The van der Waals surface area contributed by atoms with E-state index >= 15 is 0 Å². The summed E-state index contributed by atoms with van der Waals surface area (Å²) in [5, 5.41) is 0. The summed E-state index contributed by atoms with van der Waals surface area (Å²) in [4.78, 5) is 0.